The molecular formula is C26H46O4. The highest BCUT2D eigenvalue weighted by Gasteiger charge is 2.19. The number of ether oxygens (including phenoxy) is 3. The molecule has 0 fully saturated rings. The maximum atomic E-state index is 12.3. The number of methoxy groups -OCH3 is 1. The molecule has 174 valence electrons. The van der Waals surface area contributed by atoms with Gasteiger partial charge in [-0.15, -0.1) is 0 Å². The van der Waals surface area contributed by atoms with Crippen LogP contribution in [0.4, 0.5) is 0 Å². The summed E-state index contributed by atoms with van der Waals surface area (Å²) < 4.78 is 16.7. The van der Waals surface area contributed by atoms with Crippen LogP contribution in [0, 0.1) is 5.92 Å². The Kier molecular flexibility index (Phi) is 16.3. The minimum atomic E-state index is -0.405. The molecule has 0 saturated heterocycles. The average Bonchev–Trinajstić information content (AvgIpc) is 2.75. The first-order valence-corrected chi connectivity index (χ1v) is 11.9. The molecule has 1 aromatic carbocycles. The van der Waals surface area contributed by atoms with Crippen LogP contribution < -0.4 is 4.74 Å². The number of carbonyl (C=O) groups excluding carboxylic acids is 1. The van der Waals surface area contributed by atoms with Gasteiger partial charge < -0.3 is 14.2 Å². The SMILES string of the molecule is CC.CCCCCCCOC(C)Oc1ccc(C(CC)CC(C)C)cc1C(=O)OC. The minimum Gasteiger partial charge on any atom is -0.465 e. The van der Waals surface area contributed by atoms with E-state index in [0.717, 1.165) is 24.8 Å². The van der Waals surface area contributed by atoms with Gasteiger partial charge in [-0.3, -0.25) is 0 Å². The standard InChI is InChI=1S/C24H40O4.C2H6/c1-7-9-10-11-12-15-27-19(5)28-23-14-13-21(17-22(23)24(25)26-6)20(8-2)16-18(3)4;1-2/h13-14,17-20H,7-12,15-16H2,1-6H3;1-2H3. The molecule has 1 aromatic rings. The van der Waals surface area contributed by atoms with E-state index in [-0.39, 0.29) is 5.97 Å². The van der Waals surface area contributed by atoms with Crippen LogP contribution in [-0.4, -0.2) is 26.0 Å². The van der Waals surface area contributed by atoms with Gasteiger partial charge >= 0.3 is 5.97 Å². The normalized spacial score (nSPS) is 12.7. The lowest BCUT2D eigenvalue weighted by atomic mass is 9.87. The summed E-state index contributed by atoms with van der Waals surface area (Å²) in [5.41, 5.74) is 1.63. The van der Waals surface area contributed by atoms with E-state index in [0.29, 0.717) is 29.8 Å². The Hall–Kier alpha value is -1.55. The van der Waals surface area contributed by atoms with Crippen molar-refractivity contribution in [3.63, 3.8) is 0 Å². The molecule has 30 heavy (non-hydrogen) atoms. The highest BCUT2D eigenvalue weighted by atomic mass is 16.7. The van der Waals surface area contributed by atoms with Gasteiger partial charge in [0.2, 0.25) is 0 Å². The molecule has 0 aliphatic heterocycles. The molecule has 0 radical (unpaired) electrons. The summed E-state index contributed by atoms with van der Waals surface area (Å²) in [7, 11) is 1.40. The first-order valence-electron chi connectivity index (χ1n) is 11.9. The molecule has 0 heterocycles. The van der Waals surface area contributed by atoms with E-state index in [1.165, 1.54) is 32.8 Å². The molecule has 0 N–H and O–H groups in total. The number of unbranched alkanes of at least 4 members (excludes halogenated alkanes) is 4. The van der Waals surface area contributed by atoms with Crippen molar-refractivity contribution in [1.82, 2.24) is 0 Å². The molecule has 0 aromatic heterocycles. The smallest absolute Gasteiger partial charge is 0.341 e. The van der Waals surface area contributed by atoms with E-state index in [1.54, 1.807) is 0 Å². The maximum absolute atomic E-state index is 12.3. The van der Waals surface area contributed by atoms with Crippen molar-refractivity contribution in [1.29, 1.82) is 0 Å². The van der Waals surface area contributed by atoms with Crippen molar-refractivity contribution in [2.45, 2.75) is 106 Å². The zero-order valence-electron chi connectivity index (χ0n) is 20.8. The topological polar surface area (TPSA) is 44.8 Å². The zero-order valence-corrected chi connectivity index (χ0v) is 20.8. The average molecular weight is 423 g/mol. The van der Waals surface area contributed by atoms with E-state index in [2.05, 4.69) is 33.8 Å². The maximum Gasteiger partial charge on any atom is 0.341 e. The predicted molar refractivity (Wildman–Crippen MR) is 126 cm³/mol. The van der Waals surface area contributed by atoms with Crippen LogP contribution in [0.3, 0.4) is 0 Å². The van der Waals surface area contributed by atoms with Crippen molar-refractivity contribution >= 4 is 5.97 Å². The molecule has 0 saturated carbocycles. The van der Waals surface area contributed by atoms with Crippen molar-refractivity contribution in [3.05, 3.63) is 29.3 Å². The van der Waals surface area contributed by atoms with Crippen molar-refractivity contribution in [3.8, 4) is 5.75 Å². The molecule has 0 bridgehead atoms. The third kappa shape index (κ3) is 11.0. The molecule has 0 amide bonds. The summed E-state index contributed by atoms with van der Waals surface area (Å²) in [6, 6.07) is 5.87. The van der Waals surface area contributed by atoms with Crippen molar-refractivity contribution < 1.29 is 19.0 Å². The second-order valence-electron chi connectivity index (χ2n) is 7.95. The summed E-state index contributed by atoms with van der Waals surface area (Å²) in [5, 5.41) is 0. The summed E-state index contributed by atoms with van der Waals surface area (Å²) in [5.74, 6) is 1.18. The molecule has 2 unspecified atom stereocenters. The van der Waals surface area contributed by atoms with Crippen LogP contribution in [0.15, 0.2) is 18.2 Å². The van der Waals surface area contributed by atoms with Crippen LogP contribution in [-0.2, 0) is 9.47 Å². The fourth-order valence-electron chi connectivity index (χ4n) is 3.45. The van der Waals surface area contributed by atoms with E-state index in [9.17, 15) is 4.79 Å². The van der Waals surface area contributed by atoms with E-state index in [1.807, 2.05) is 32.9 Å². The van der Waals surface area contributed by atoms with Crippen LogP contribution in [0.25, 0.3) is 0 Å². The fraction of sp³-hybridized carbons (Fsp3) is 0.731. The summed E-state index contributed by atoms with van der Waals surface area (Å²) >= 11 is 0. The highest BCUT2D eigenvalue weighted by Crippen LogP contribution is 2.31. The van der Waals surface area contributed by atoms with Crippen LogP contribution in [0.2, 0.25) is 0 Å². The predicted octanol–water partition coefficient (Wildman–Crippen LogP) is 7.75. The second kappa shape index (κ2) is 17.2. The van der Waals surface area contributed by atoms with Crippen LogP contribution in [0.5, 0.6) is 5.75 Å². The Morgan fingerprint density at radius 2 is 1.67 bits per heavy atom. The van der Waals surface area contributed by atoms with Gasteiger partial charge in [-0.05, 0) is 55.7 Å². The molecule has 4 heteroatoms. The molecule has 2 atom stereocenters. The highest BCUT2D eigenvalue weighted by molar-refractivity contribution is 5.92. The zero-order chi connectivity index (χ0) is 22.9. The molecule has 0 spiro atoms. The summed E-state index contributed by atoms with van der Waals surface area (Å²) in [6.45, 7) is 15.4. The molecule has 1 rings (SSSR count). The largest absolute Gasteiger partial charge is 0.465 e. The summed E-state index contributed by atoms with van der Waals surface area (Å²) in [6.07, 6.45) is 7.70. The van der Waals surface area contributed by atoms with Gasteiger partial charge in [0, 0.05) is 0 Å². The lowest BCUT2D eigenvalue weighted by Crippen LogP contribution is -2.19. The van der Waals surface area contributed by atoms with Crippen LogP contribution in [0.1, 0.15) is 115 Å². The monoisotopic (exact) mass is 422 g/mol. The quantitative estimate of drug-likeness (QED) is 0.175. The number of hydrogen-bond donors (Lipinski definition) is 0. The lowest BCUT2D eigenvalue weighted by Gasteiger charge is -2.21. The Morgan fingerprint density at radius 3 is 2.23 bits per heavy atom. The molecular weight excluding hydrogens is 376 g/mol. The number of benzene rings is 1. The fourth-order valence-corrected chi connectivity index (χ4v) is 3.45. The third-order valence-corrected chi connectivity index (χ3v) is 5.02. The van der Waals surface area contributed by atoms with Crippen LogP contribution >= 0.6 is 0 Å². The van der Waals surface area contributed by atoms with Gasteiger partial charge in [0.1, 0.15) is 11.3 Å². The van der Waals surface area contributed by atoms with Crippen molar-refractivity contribution in [2.75, 3.05) is 13.7 Å². The summed E-state index contributed by atoms with van der Waals surface area (Å²) in [4.78, 5) is 12.3. The van der Waals surface area contributed by atoms with Crippen molar-refractivity contribution in [2.24, 2.45) is 5.92 Å². The molecule has 0 aliphatic carbocycles. The third-order valence-electron chi connectivity index (χ3n) is 5.02. The van der Waals surface area contributed by atoms with Gasteiger partial charge in [0.15, 0.2) is 6.29 Å². The minimum absolute atomic E-state index is 0.372. The first-order chi connectivity index (χ1) is 14.4. The van der Waals surface area contributed by atoms with Gasteiger partial charge in [0.25, 0.3) is 0 Å². The number of hydrogen-bond acceptors (Lipinski definition) is 4. The molecule has 0 aliphatic rings. The van der Waals surface area contributed by atoms with E-state index >= 15 is 0 Å². The van der Waals surface area contributed by atoms with Gasteiger partial charge in [-0.25, -0.2) is 4.79 Å². The number of esters is 1. The number of rotatable bonds is 14. The first kappa shape index (κ1) is 28.5. The molecule has 4 nitrogen and oxygen atoms in total. The second-order valence-corrected chi connectivity index (χ2v) is 7.95. The van der Waals surface area contributed by atoms with Gasteiger partial charge in [-0.2, -0.15) is 0 Å². The Labute approximate surface area is 185 Å². The lowest BCUT2D eigenvalue weighted by molar-refractivity contribution is -0.0680. The Morgan fingerprint density at radius 1 is 1.00 bits per heavy atom. The number of carbonyl (C=O) groups is 1. The van der Waals surface area contributed by atoms with Gasteiger partial charge in [0.05, 0.1) is 13.7 Å². The Balaban J connectivity index is 0.00000407. The van der Waals surface area contributed by atoms with E-state index < -0.39 is 6.29 Å². The van der Waals surface area contributed by atoms with E-state index in [4.69, 9.17) is 14.2 Å². The Bertz CT molecular complexity index is 568. The van der Waals surface area contributed by atoms with Gasteiger partial charge in [-0.1, -0.05) is 73.3 Å².